The van der Waals surface area contributed by atoms with Crippen molar-refractivity contribution in [3.05, 3.63) is 36.7 Å². The maximum absolute atomic E-state index is 5.37. The largest absolute Gasteiger partial charge is 0.497 e. The monoisotopic (exact) mass is 332 g/mol. The predicted molar refractivity (Wildman–Crippen MR) is 96.6 cm³/mol. The first-order valence-corrected chi connectivity index (χ1v) is 7.96. The molecule has 7 nitrogen and oxygen atoms in total. The van der Waals surface area contributed by atoms with Crippen molar-refractivity contribution in [2.24, 2.45) is 14.1 Å². The molecule has 0 fully saturated rings. The van der Waals surface area contributed by atoms with Gasteiger partial charge >= 0.3 is 0 Å². The van der Waals surface area contributed by atoms with E-state index in [0.29, 0.717) is 0 Å². The molecule has 1 aromatic carbocycles. The molecule has 4 aromatic heterocycles. The summed E-state index contributed by atoms with van der Waals surface area (Å²) in [6.07, 6.45) is 3.67. The number of rotatable bonds is 2. The van der Waals surface area contributed by atoms with Gasteiger partial charge in [-0.05, 0) is 24.3 Å². The van der Waals surface area contributed by atoms with E-state index in [4.69, 9.17) is 9.84 Å². The van der Waals surface area contributed by atoms with E-state index in [9.17, 15) is 0 Å². The van der Waals surface area contributed by atoms with Gasteiger partial charge in [-0.1, -0.05) is 0 Å². The van der Waals surface area contributed by atoms with Crippen LogP contribution in [0.1, 0.15) is 0 Å². The smallest absolute Gasteiger partial charge is 0.139 e. The Kier molecular flexibility index (Phi) is 2.71. The molecule has 0 spiro atoms. The summed E-state index contributed by atoms with van der Waals surface area (Å²) in [7, 11) is 5.55. The summed E-state index contributed by atoms with van der Waals surface area (Å²) in [5.74, 6) is 0.810. The number of H-pyrrole nitrogens is 1. The fourth-order valence-corrected chi connectivity index (χ4v) is 3.44. The molecule has 0 atom stereocenters. The lowest BCUT2D eigenvalue weighted by Gasteiger charge is -2.00. The lowest BCUT2D eigenvalue weighted by molar-refractivity contribution is 0.415. The molecular formula is C18H16N6O. The van der Waals surface area contributed by atoms with Crippen LogP contribution in [-0.4, -0.2) is 36.6 Å². The Labute approximate surface area is 142 Å². The van der Waals surface area contributed by atoms with Gasteiger partial charge in [0, 0.05) is 36.5 Å². The fourth-order valence-electron chi connectivity index (χ4n) is 3.44. The van der Waals surface area contributed by atoms with E-state index in [2.05, 4.69) is 21.1 Å². The number of pyridine rings is 1. The molecule has 25 heavy (non-hydrogen) atoms. The molecule has 0 radical (unpaired) electrons. The summed E-state index contributed by atoms with van der Waals surface area (Å²) in [5.41, 5.74) is 4.74. The van der Waals surface area contributed by atoms with Gasteiger partial charge in [0.2, 0.25) is 0 Å². The first-order valence-electron chi connectivity index (χ1n) is 7.96. The first kappa shape index (κ1) is 14.0. The van der Waals surface area contributed by atoms with E-state index < -0.39 is 0 Å². The number of benzene rings is 1. The van der Waals surface area contributed by atoms with Crippen LogP contribution < -0.4 is 4.74 Å². The number of methoxy groups -OCH3 is 1. The molecule has 1 N–H and O–H groups in total. The van der Waals surface area contributed by atoms with Crippen molar-refractivity contribution < 1.29 is 4.74 Å². The number of hydrogen-bond acceptors (Lipinski definition) is 4. The molecule has 0 amide bonds. The van der Waals surface area contributed by atoms with Gasteiger partial charge in [-0.3, -0.25) is 9.36 Å². The van der Waals surface area contributed by atoms with Gasteiger partial charge in [-0.2, -0.15) is 10.2 Å². The van der Waals surface area contributed by atoms with E-state index in [1.165, 1.54) is 0 Å². The highest BCUT2D eigenvalue weighted by Crippen LogP contribution is 2.33. The normalized spacial score (nSPS) is 11.8. The van der Waals surface area contributed by atoms with Crippen LogP contribution in [0.4, 0.5) is 0 Å². The zero-order valence-electron chi connectivity index (χ0n) is 14.1. The van der Waals surface area contributed by atoms with Crippen LogP contribution in [0, 0.1) is 0 Å². The Hall–Kier alpha value is -3.35. The third-order valence-electron chi connectivity index (χ3n) is 4.66. The predicted octanol–water partition coefficient (Wildman–Crippen LogP) is 3.01. The number of aromatic amines is 1. The molecule has 5 aromatic rings. The highest BCUT2D eigenvalue weighted by Gasteiger charge is 2.16. The molecule has 0 bridgehead atoms. The Morgan fingerprint density at radius 1 is 1.04 bits per heavy atom. The molecule has 0 aliphatic rings. The first-order chi connectivity index (χ1) is 12.2. The maximum atomic E-state index is 5.37. The maximum Gasteiger partial charge on any atom is 0.139 e. The molecule has 5 rings (SSSR count). The van der Waals surface area contributed by atoms with Gasteiger partial charge in [-0.15, -0.1) is 0 Å². The van der Waals surface area contributed by atoms with Crippen molar-refractivity contribution in [2.75, 3.05) is 7.11 Å². The molecule has 4 heterocycles. The van der Waals surface area contributed by atoms with Crippen LogP contribution >= 0.6 is 0 Å². The molecule has 0 unspecified atom stereocenters. The second-order valence-electron chi connectivity index (χ2n) is 6.13. The third kappa shape index (κ3) is 1.89. The number of hydrogen-bond donors (Lipinski definition) is 1. The SMILES string of the molecule is COc1ccc2c(c1)c(-c1cc3c(ncc4cnn(C)c43)[nH]1)nn2C. The summed E-state index contributed by atoms with van der Waals surface area (Å²) in [4.78, 5) is 7.92. The van der Waals surface area contributed by atoms with Crippen LogP contribution in [0.15, 0.2) is 36.7 Å². The number of aryl methyl sites for hydroxylation is 2. The zero-order chi connectivity index (χ0) is 17.1. The van der Waals surface area contributed by atoms with Crippen molar-refractivity contribution in [3.8, 4) is 17.1 Å². The van der Waals surface area contributed by atoms with Crippen LogP contribution in [-0.2, 0) is 14.1 Å². The standard InChI is InChI=1S/C18H16N6O/c1-23-15-5-4-11(25-3)6-12(15)16(22-23)14-7-13-17-10(9-20-24(17)2)8-19-18(13)21-14/h4-9H,1-3H3,(H,19,21). The Balaban J connectivity index is 1.82. The zero-order valence-corrected chi connectivity index (χ0v) is 14.1. The number of aromatic nitrogens is 6. The summed E-state index contributed by atoms with van der Waals surface area (Å²) in [6, 6.07) is 8.06. The molecule has 124 valence electrons. The number of nitrogens with one attached hydrogen (secondary N) is 1. The van der Waals surface area contributed by atoms with E-state index in [0.717, 1.165) is 50.0 Å². The van der Waals surface area contributed by atoms with E-state index in [1.54, 1.807) is 7.11 Å². The van der Waals surface area contributed by atoms with Crippen molar-refractivity contribution in [3.63, 3.8) is 0 Å². The van der Waals surface area contributed by atoms with Gasteiger partial charge in [0.15, 0.2) is 0 Å². The van der Waals surface area contributed by atoms with Crippen LogP contribution in [0.5, 0.6) is 5.75 Å². The van der Waals surface area contributed by atoms with E-state index in [1.807, 2.05) is 54.1 Å². The minimum Gasteiger partial charge on any atom is -0.497 e. The number of fused-ring (bicyclic) bond motifs is 4. The third-order valence-corrected chi connectivity index (χ3v) is 4.66. The molecular weight excluding hydrogens is 316 g/mol. The van der Waals surface area contributed by atoms with Crippen molar-refractivity contribution in [1.82, 2.24) is 29.5 Å². The van der Waals surface area contributed by atoms with Gasteiger partial charge < -0.3 is 9.72 Å². The topological polar surface area (TPSA) is 73.6 Å². The average Bonchev–Trinajstić information content (AvgIpc) is 3.30. The second kappa shape index (κ2) is 4.83. The number of nitrogens with zero attached hydrogens (tertiary/aromatic N) is 5. The minimum atomic E-state index is 0.810. The quantitative estimate of drug-likeness (QED) is 0.539. The molecule has 0 aliphatic carbocycles. The average molecular weight is 332 g/mol. The highest BCUT2D eigenvalue weighted by molar-refractivity contribution is 6.05. The molecule has 0 aliphatic heterocycles. The Morgan fingerprint density at radius 3 is 2.76 bits per heavy atom. The van der Waals surface area contributed by atoms with Gasteiger partial charge in [0.05, 0.1) is 30.0 Å². The Bertz CT molecular complexity index is 1260. The minimum absolute atomic E-state index is 0.810. The van der Waals surface area contributed by atoms with E-state index in [-0.39, 0.29) is 0 Å². The van der Waals surface area contributed by atoms with Gasteiger partial charge in [0.25, 0.3) is 0 Å². The van der Waals surface area contributed by atoms with Crippen LogP contribution in [0.25, 0.3) is 44.2 Å². The summed E-state index contributed by atoms with van der Waals surface area (Å²) in [6.45, 7) is 0. The molecule has 0 saturated heterocycles. The fraction of sp³-hybridized carbons (Fsp3) is 0.167. The van der Waals surface area contributed by atoms with Crippen LogP contribution in [0.3, 0.4) is 0 Å². The Morgan fingerprint density at radius 2 is 1.92 bits per heavy atom. The molecule has 7 heteroatoms. The summed E-state index contributed by atoms with van der Waals surface area (Å²) >= 11 is 0. The van der Waals surface area contributed by atoms with Gasteiger partial charge in [0.1, 0.15) is 17.1 Å². The lowest BCUT2D eigenvalue weighted by atomic mass is 10.1. The second-order valence-corrected chi connectivity index (χ2v) is 6.13. The lowest BCUT2D eigenvalue weighted by Crippen LogP contribution is -1.89. The summed E-state index contributed by atoms with van der Waals surface area (Å²) < 4.78 is 9.12. The van der Waals surface area contributed by atoms with Gasteiger partial charge in [-0.25, -0.2) is 4.98 Å². The van der Waals surface area contributed by atoms with Crippen molar-refractivity contribution in [2.45, 2.75) is 0 Å². The molecule has 0 saturated carbocycles. The van der Waals surface area contributed by atoms with Crippen LogP contribution in [0.2, 0.25) is 0 Å². The number of ether oxygens (including phenoxy) is 1. The van der Waals surface area contributed by atoms with E-state index >= 15 is 0 Å². The van der Waals surface area contributed by atoms with Crippen molar-refractivity contribution >= 4 is 32.8 Å². The van der Waals surface area contributed by atoms with Crippen molar-refractivity contribution in [1.29, 1.82) is 0 Å². The summed E-state index contributed by atoms with van der Waals surface area (Å²) in [5, 5.41) is 12.1. The highest BCUT2D eigenvalue weighted by atomic mass is 16.5.